The van der Waals surface area contributed by atoms with E-state index in [1.165, 1.54) is 14.2 Å². The molecule has 524 valence electrons. The molecular weight excluding hydrogens is 1210 g/mol. The summed E-state index contributed by atoms with van der Waals surface area (Å²) in [5.74, 6) is 16.4. The molecule has 3 amide bonds. The lowest BCUT2D eigenvalue weighted by Crippen LogP contribution is -2.41. The number of hydrazine groups is 3. The maximum atomic E-state index is 14.0. The average Bonchev–Trinajstić information content (AvgIpc) is 0.714. The summed E-state index contributed by atoms with van der Waals surface area (Å²) >= 11 is 0. The molecule has 1 aliphatic rings. The predicted molar refractivity (Wildman–Crippen MR) is 348 cm³/mol. The molecule has 93 heavy (non-hydrogen) atoms. The number of benzene rings is 3. The van der Waals surface area contributed by atoms with Crippen LogP contribution >= 0.6 is 0 Å². The SMILES string of the molecule is COCCOCCOCCOCCCCOc1ccc(C2=C(C)C(c3cc(C(=O)NN)c(OCCCCOCCOCCOCCOC)cc3OC)C(C)(OC)C(c3cc(C(=O)NN)c(OCCCCOCCOCCOCCOC)cc3OC)=C2C)cc1C(=O)NN. The van der Waals surface area contributed by atoms with Crippen LogP contribution in [0.3, 0.4) is 0 Å². The van der Waals surface area contributed by atoms with Crippen LogP contribution < -0.4 is 57.5 Å². The van der Waals surface area contributed by atoms with Crippen LogP contribution in [0.15, 0.2) is 53.6 Å². The topological polar surface area (TPSA) is 331 Å². The van der Waals surface area contributed by atoms with Gasteiger partial charge in [-0.2, -0.15) is 0 Å². The van der Waals surface area contributed by atoms with E-state index < -0.39 is 29.2 Å². The van der Waals surface area contributed by atoms with Crippen molar-refractivity contribution in [2.45, 2.75) is 70.8 Å². The van der Waals surface area contributed by atoms with Gasteiger partial charge in [0.25, 0.3) is 17.7 Å². The monoisotopic (exact) mass is 1320 g/mol. The Labute approximate surface area is 548 Å². The molecule has 0 aromatic heterocycles. The number of carbonyl (C=O) groups excluding carboxylic acids is 3. The lowest BCUT2D eigenvalue weighted by atomic mass is 9.64. The normalized spacial score (nSPS) is 14.8. The number of nitrogens with one attached hydrogen (secondary N) is 3. The summed E-state index contributed by atoms with van der Waals surface area (Å²) in [6.07, 6.45) is 3.81. The fourth-order valence-electron chi connectivity index (χ4n) is 10.4. The molecule has 0 radical (unpaired) electrons. The minimum atomic E-state index is -1.38. The minimum absolute atomic E-state index is 0.104. The van der Waals surface area contributed by atoms with Gasteiger partial charge in [-0.05, 0) is 106 Å². The number of ether oxygens (including phenoxy) is 18. The molecule has 0 saturated carbocycles. The van der Waals surface area contributed by atoms with Crippen LogP contribution in [0, 0.1) is 0 Å². The Morgan fingerprint density at radius 3 is 1.13 bits per heavy atom. The first kappa shape index (κ1) is 79.3. The first-order valence-corrected chi connectivity index (χ1v) is 31.5. The van der Waals surface area contributed by atoms with Gasteiger partial charge in [-0.25, -0.2) is 17.5 Å². The largest absolute Gasteiger partial charge is 0.496 e. The van der Waals surface area contributed by atoms with Gasteiger partial charge in [0.1, 0.15) is 34.3 Å². The van der Waals surface area contributed by atoms with Crippen molar-refractivity contribution in [3.8, 4) is 28.7 Å². The van der Waals surface area contributed by atoms with E-state index in [0.717, 1.165) is 5.57 Å². The number of methoxy groups -OCH3 is 6. The molecule has 2 unspecified atom stereocenters. The highest BCUT2D eigenvalue weighted by molar-refractivity contribution is 6.03. The average molecular weight is 1320 g/mol. The van der Waals surface area contributed by atoms with E-state index in [2.05, 4.69) is 16.3 Å². The number of nitrogen functional groups attached to an aromatic ring is 3. The molecule has 27 nitrogen and oxygen atoms in total. The van der Waals surface area contributed by atoms with Gasteiger partial charge in [-0.3, -0.25) is 30.7 Å². The second kappa shape index (κ2) is 46.9. The Morgan fingerprint density at radius 1 is 0.409 bits per heavy atom. The summed E-state index contributed by atoms with van der Waals surface area (Å²) in [5.41, 5.74) is 10.0. The molecule has 1 aliphatic carbocycles. The number of rotatable bonds is 54. The highest BCUT2D eigenvalue weighted by Gasteiger charge is 2.48. The van der Waals surface area contributed by atoms with E-state index >= 15 is 0 Å². The zero-order valence-electron chi connectivity index (χ0n) is 56.1. The third-order valence-electron chi connectivity index (χ3n) is 15.0. The van der Waals surface area contributed by atoms with Crippen LogP contribution in [0.2, 0.25) is 0 Å². The number of allylic oxidation sites excluding steroid dienone is 2. The second-order valence-corrected chi connectivity index (χ2v) is 21.2. The molecule has 3 aromatic rings. The van der Waals surface area contributed by atoms with Gasteiger partial charge in [0.15, 0.2) is 0 Å². The first-order chi connectivity index (χ1) is 45.3. The molecule has 0 heterocycles. The number of hydrogen-bond acceptors (Lipinski definition) is 24. The van der Waals surface area contributed by atoms with Crippen LogP contribution in [0.5, 0.6) is 28.7 Å². The Bertz CT molecular complexity index is 2720. The highest BCUT2D eigenvalue weighted by Crippen LogP contribution is 2.58. The van der Waals surface area contributed by atoms with Gasteiger partial charge in [-0.1, -0.05) is 11.6 Å². The second-order valence-electron chi connectivity index (χ2n) is 21.2. The Kier molecular flexibility index (Phi) is 40.0. The van der Waals surface area contributed by atoms with Crippen LogP contribution in [-0.2, 0) is 61.6 Å². The summed E-state index contributed by atoms with van der Waals surface area (Å²) < 4.78 is 103. The molecule has 0 bridgehead atoms. The number of unbranched alkanes of at least 4 members (excludes halogenated alkanes) is 3. The van der Waals surface area contributed by atoms with Crippen molar-refractivity contribution in [2.75, 3.05) is 201 Å². The van der Waals surface area contributed by atoms with Gasteiger partial charge in [-0.15, -0.1) is 0 Å². The zero-order valence-corrected chi connectivity index (χ0v) is 56.1. The maximum absolute atomic E-state index is 14.0. The molecular formula is C66H104N6O21. The lowest BCUT2D eigenvalue weighted by Gasteiger charge is -2.46. The molecule has 0 spiro atoms. The summed E-state index contributed by atoms with van der Waals surface area (Å²) in [6, 6.07) is 11.9. The summed E-state index contributed by atoms with van der Waals surface area (Å²) in [5, 5.41) is 0. The van der Waals surface area contributed by atoms with E-state index in [-0.39, 0.29) is 48.0 Å². The molecule has 2 atom stereocenters. The third-order valence-corrected chi connectivity index (χ3v) is 15.0. The van der Waals surface area contributed by atoms with Crippen molar-refractivity contribution in [3.05, 3.63) is 87.0 Å². The van der Waals surface area contributed by atoms with E-state index in [1.807, 2.05) is 26.8 Å². The smallest absolute Gasteiger partial charge is 0.268 e. The summed E-state index contributed by atoms with van der Waals surface area (Å²) in [4.78, 5) is 41.8. The van der Waals surface area contributed by atoms with Crippen molar-refractivity contribution in [1.29, 1.82) is 0 Å². The lowest BCUT2D eigenvalue weighted by molar-refractivity contribution is 0.00304. The quantitative estimate of drug-likeness (QED) is 0.0175. The Hall–Kier alpha value is -6.09. The van der Waals surface area contributed by atoms with Crippen molar-refractivity contribution in [1.82, 2.24) is 16.3 Å². The van der Waals surface area contributed by atoms with Crippen LogP contribution in [0.25, 0.3) is 11.1 Å². The third kappa shape index (κ3) is 26.2. The summed E-state index contributed by atoms with van der Waals surface area (Å²) in [7, 11) is 9.47. The van der Waals surface area contributed by atoms with Gasteiger partial charge in [0.2, 0.25) is 0 Å². The van der Waals surface area contributed by atoms with Gasteiger partial charge < -0.3 is 85.3 Å². The zero-order chi connectivity index (χ0) is 67.5. The molecule has 0 saturated heterocycles. The molecule has 0 aliphatic heterocycles. The van der Waals surface area contributed by atoms with Crippen molar-refractivity contribution < 1.29 is 99.6 Å². The Balaban J connectivity index is 1.73. The van der Waals surface area contributed by atoms with Gasteiger partial charge in [0.05, 0.1) is 170 Å². The van der Waals surface area contributed by atoms with Crippen molar-refractivity contribution in [2.24, 2.45) is 17.5 Å². The molecule has 9 N–H and O–H groups in total. The number of hydrogen-bond donors (Lipinski definition) is 6. The maximum Gasteiger partial charge on any atom is 0.268 e. The molecule has 0 fully saturated rings. The van der Waals surface area contributed by atoms with Crippen molar-refractivity contribution >= 4 is 28.9 Å². The van der Waals surface area contributed by atoms with E-state index in [0.29, 0.717) is 228 Å². The van der Waals surface area contributed by atoms with Crippen molar-refractivity contribution in [3.63, 3.8) is 0 Å². The standard InChI is InChI=1S/C66H104N6O21/c1-47-60(49-16-17-55(52(42-49)63(73)70-67)91-21-13-10-18-82-30-33-88-39-36-85-27-24-76-4)48(2)62(51-44-54(65(75)72-69)59(46-57(51)80-8)93-23-15-12-20-84-32-35-90-41-38-87-29-26-78-6)66(3,81-9)61(47)50-43-53(64(74)71-68)58(45-56(50)79-7)92-22-14-11-19-83-31-34-89-40-37-86-28-25-77-5/h16-17,42-46,61H,10-15,18-41,67-69H2,1-9H3,(H,70,73)(H,71,74)(H,72,75). The van der Waals surface area contributed by atoms with E-state index in [1.54, 1.807) is 64.8 Å². The van der Waals surface area contributed by atoms with Crippen LogP contribution in [0.4, 0.5) is 0 Å². The highest BCUT2D eigenvalue weighted by atomic mass is 16.6. The number of amides is 3. The fraction of sp³-hybridized carbons (Fsp3) is 0.621. The number of nitrogens with two attached hydrogens (primary N) is 3. The van der Waals surface area contributed by atoms with Gasteiger partial charge >= 0.3 is 0 Å². The van der Waals surface area contributed by atoms with Crippen LogP contribution in [-0.4, -0.2) is 225 Å². The fourth-order valence-corrected chi connectivity index (χ4v) is 10.4. The van der Waals surface area contributed by atoms with Gasteiger partial charge in [0, 0.05) is 77.4 Å². The molecule has 3 aromatic carbocycles. The number of carbonyl (C=O) groups is 3. The Morgan fingerprint density at radius 2 is 0.753 bits per heavy atom. The molecule has 4 rings (SSSR count). The van der Waals surface area contributed by atoms with E-state index in [4.69, 9.17) is 103 Å². The minimum Gasteiger partial charge on any atom is -0.496 e. The molecule has 27 heteroatoms. The predicted octanol–water partition coefficient (Wildman–Crippen LogP) is 5.53. The van der Waals surface area contributed by atoms with Crippen LogP contribution in [0.1, 0.15) is 113 Å². The first-order valence-electron chi connectivity index (χ1n) is 31.5. The van der Waals surface area contributed by atoms with E-state index in [9.17, 15) is 14.4 Å². The summed E-state index contributed by atoms with van der Waals surface area (Å²) in [6.45, 7) is 16.3.